The Hall–Kier alpha value is -1.00. The Bertz CT molecular complexity index is 713. The van der Waals surface area contributed by atoms with E-state index in [1.54, 1.807) is 7.11 Å². The lowest BCUT2D eigenvalue weighted by molar-refractivity contribution is -0.946. The Morgan fingerprint density at radius 3 is 1.30 bits per heavy atom. The molecule has 6 N–H and O–H groups in total. The van der Waals surface area contributed by atoms with Crippen LogP contribution in [0.25, 0.3) is 0 Å². The van der Waals surface area contributed by atoms with E-state index in [1.807, 2.05) is 22.0 Å². The summed E-state index contributed by atoms with van der Waals surface area (Å²) in [7, 11) is 15.2. The Kier molecular flexibility index (Phi) is 28.6. The summed E-state index contributed by atoms with van der Waals surface area (Å²) in [5.41, 5.74) is 0. The fraction of sp³-hybridized carbons (Fsp3) is 0.882. The minimum absolute atomic E-state index is 0.00189. The fourth-order valence-corrected chi connectivity index (χ4v) is 5.10. The van der Waals surface area contributed by atoms with Crippen molar-refractivity contribution in [1.29, 1.82) is 0 Å². The number of aliphatic hydroxyl groups excluding tert-OH is 6. The van der Waals surface area contributed by atoms with Gasteiger partial charge in [-0.05, 0) is 31.4 Å². The molecule has 276 valence electrons. The highest BCUT2D eigenvalue weighted by molar-refractivity contribution is 4.90. The van der Waals surface area contributed by atoms with Crippen molar-refractivity contribution >= 4 is 0 Å². The first-order chi connectivity index (χ1) is 21.7. The van der Waals surface area contributed by atoms with Gasteiger partial charge in [-0.2, -0.15) is 0 Å². The molecule has 0 radical (unpaired) electrons. The van der Waals surface area contributed by atoms with E-state index in [4.69, 9.17) is 14.9 Å². The summed E-state index contributed by atoms with van der Waals surface area (Å²) in [6.45, 7) is 11.6. The van der Waals surface area contributed by atoms with Crippen LogP contribution in [0, 0.1) is 0 Å². The molecule has 0 amide bonds. The van der Waals surface area contributed by atoms with Gasteiger partial charge < -0.3 is 48.8 Å². The van der Waals surface area contributed by atoms with Gasteiger partial charge in [-0.1, -0.05) is 19.1 Å². The zero-order chi connectivity index (χ0) is 35.5. The molecule has 0 aromatic heterocycles. The summed E-state index contributed by atoms with van der Waals surface area (Å²) in [6.07, 6.45) is 10.4. The highest BCUT2D eigenvalue weighted by Gasteiger charge is 2.22. The Morgan fingerprint density at radius 2 is 0.978 bits per heavy atom. The monoisotopic (exact) mass is 667 g/mol. The number of aliphatic hydroxyl groups is 6. The van der Waals surface area contributed by atoms with Crippen molar-refractivity contribution in [2.45, 2.75) is 38.3 Å². The van der Waals surface area contributed by atoms with Crippen molar-refractivity contribution in [3.8, 4) is 0 Å². The SMILES string of the molecule is CCC[N+](C)(C)CC[N+](C)(C)CCOC.C[N+](C)(CC=CCN(CCO)C(CO)CCO)C/C=C/CN(CCO)C(CO)CCO. The molecule has 2 atom stereocenters. The molecular weight excluding hydrogens is 590 g/mol. The molecule has 0 heterocycles. The molecule has 0 spiro atoms. The molecule has 0 saturated heterocycles. The van der Waals surface area contributed by atoms with E-state index in [9.17, 15) is 20.4 Å². The smallest absolute Gasteiger partial charge is 0.128 e. The lowest BCUT2D eigenvalue weighted by atomic mass is 10.2. The van der Waals surface area contributed by atoms with Crippen molar-refractivity contribution in [3.05, 3.63) is 24.3 Å². The third kappa shape index (κ3) is 25.1. The second-order valence-electron chi connectivity index (χ2n) is 14.1. The maximum absolute atomic E-state index is 9.50. The van der Waals surface area contributed by atoms with Gasteiger partial charge in [0.1, 0.15) is 19.6 Å². The van der Waals surface area contributed by atoms with Crippen LogP contribution in [0.3, 0.4) is 0 Å². The molecule has 46 heavy (non-hydrogen) atoms. The lowest BCUT2D eigenvalue weighted by Gasteiger charge is -2.35. The molecule has 0 aliphatic heterocycles. The fourth-order valence-electron chi connectivity index (χ4n) is 5.10. The van der Waals surface area contributed by atoms with Crippen molar-refractivity contribution < 1.29 is 48.8 Å². The minimum atomic E-state index is -0.164. The number of rotatable bonds is 28. The average molecular weight is 667 g/mol. The average Bonchev–Trinajstić information content (AvgIpc) is 3.00. The van der Waals surface area contributed by atoms with Crippen molar-refractivity contribution in [1.82, 2.24) is 9.80 Å². The van der Waals surface area contributed by atoms with Crippen LogP contribution in [0.1, 0.15) is 26.2 Å². The number of hydrogen-bond donors (Lipinski definition) is 6. The van der Waals surface area contributed by atoms with Gasteiger partial charge in [-0.15, -0.1) is 0 Å². The summed E-state index contributed by atoms with van der Waals surface area (Å²) < 4.78 is 8.06. The third-order valence-electron chi connectivity index (χ3n) is 8.41. The van der Waals surface area contributed by atoms with Crippen LogP contribution in [0.4, 0.5) is 0 Å². The molecule has 0 aliphatic carbocycles. The van der Waals surface area contributed by atoms with Gasteiger partial charge >= 0.3 is 0 Å². The van der Waals surface area contributed by atoms with Crippen LogP contribution in [-0.2, 0) is 4.74 Å². The van der Waals surface area contributed by atoms with Crippen molar-refractivity contribution in [3.63, 3.8) is 0 Å². The molecule has 12 heteroatoms. The summed E-state index contributed by atoms with van der Waals surface area (Å²) in [5, 5.41) is 55.8. The number of quaternary nitrogens is 3. The van der Waals surface area contributed by atoms with E-state index >= 15 is 0 Å². The molecule has 0 bridgehead atoms. The van der Waals surface area contributed by atoms with Gasteiger partial charge in [0.25, 0.3) is 0 Å². The Labute approximate surface area is 282 Å². The van der Waals surface area contributed by atoms with Crippen LogP contribution < -0.4 is 0 Å². The van der Waals surface area contributed by atoms with E-state index in [0.29, 0.717) is 39.0 Å². The second-order valence-corrected chi connectivity index (χ2v) is 14.1. The van der Waals surface area contributed by atoms with E-state index in [-0.39, 0.29) is 51.7 Å². The van der Waals surface area contributed by atoms with Gasteiger partial charge in [-0.3, -0.25) is 9.80 Å². The first-order valence-electron chi connectivity index (χ1n) is 17.1. The third-order valence-corrected chi connectivity index (χ3v) is 8.41. The zero-order valence-electron chi connectivity index (χ0n) is 30.9. The van der Waals surface area contributed by atoms with Crippen molar-refractivity contribution in [2.24, 2.45) is 0 Å². The molecule has 0 aliphatic rings. The van der Waals surface area contributed by atoms with Gasteiger partial charge in [-0.25, -0.2) is 0 Å². The predicted molar refractivity (Wildman–Crippen MR) is 188 cm³/mol. The van der Waals surface area contributed by atoms with E-state index in [0.717, 1.165) is 39.7 Å². The standard InChI is InChI=1S/C22H46N3O6.C12H30N2O/c1-25(2,13-5-3-9-23(11-17-28)21(19-30)7-15-26)14-6-4-10-24(12-18-29)22(20-31)8-16-27;1-7-8-13(2,3)9-10-14(4,5)11-12-15-6/h3-6,21-22,26-31H,7-20H2,1-2H3;7-12H2,1-6H3/q+1;+2/b5-3+,6-4?;. The topological polar surface area (TPSA) is 137 Å². The number of hydrogen-bond acceptors (Lipinski definition) is 9. The summed E-state index contributed by atoms with van der Waals surface area (Å²) in [6, 6.07) is -0.328. The predicted octanol–water partition coefficient (Wildman–Crippen LogP) is -0.554. The molecule has 0 aromatic carbocycles. The zero-order valence-corrected chi connectivity index (χ0v) is 30.9. The van der Waals surface area contributed by atoms with Gasteiger partial charge in [0, 0.05) is 58.6 Å². The highest BCUT2D eigenvalue weighted by Crippen LogP contribution is 2.07. The van der Waals surface area contributed by atoms with E-state index in [2.05, 4.69) is 61.4 Å². The van der Waals surface area contributed by atoms with Gasteiger partial charge in [0.15, 0.2) is 0 Å². The Morgan fingerprint density at radius 1 is 0.565 bits per heavy atom. The Balaban J connectivity index is 0. The number of ether oxygens (including phenoxy) is 1. The number of nitrogens with zero attached hydrogens (tertiary/aromatic N) is 5. The first kappa shape index (κ1) is 47.1. The maximum atomic E-state index is 9.50. The number of likely N-dealkylation sites (N-methyl/N-ethyl adjacent to an activating group) is 3. The molecule has 12 nitrogen and oxygen atoms in total. The summed E-state index contributed by atoms with van der Waals surface area (Å²) in [5.74, 6) is 0. The van der Waals surface area contributed by atoms with E-state index < -0.39 is 0 Å². The van der Waals surface area contributed by atoms with Crippen LogP contribution in [0.2, 0.25) is 0 Å². The van der Waals surface area contributed by atoms with Gasteiger partial charge in [0.05, 0.1) is 95.0 Å². The molecule has 0 aromatic rings. The maximum Gasteiger partial charge on any atom is 0.128 e. The van der Waals surface area contributed by atoms with Crippen LogP contribution in [0.5, 0.6) is 0 Å². The van der Waals surface area contributed by atoms with Crippen LogP contribution >= 0.6 is 0 Å². The van der Waals surface area contributed by atoms with Gasteiger partial charge in [0.2, 0.25) is 0 Å². The minimum Gasteiger partial charge on any atom is -0.396 e. The quantitative estimate of drug-likeness (QED) is 0.0480. The largest absolute Gasteiger partial charge is 0.396 e. The van der Waals surface area contributed by atoms with Crippen LogP contribution in [0.15, 0.2) is 24.3 Å². The first-order valence-corrected chi connectivity index (χ1v) is 17.1. The molecule has 0 saturated carbocycles. The molecule has 0 rings (SSSR count). The summed E-state index contributed by atoms with van der Waals surface area (Å²) in [4.78, 5) is 3.93. The second kappa shape index (κ2) is 27.9. The molecule has 2 unspecified atom stereocenters. The molecular formula is C34H76N5O7+3. The highest BCUT2D eigenvalue weighted by atomic mass is 16.5. The van der Waals surface area contributed by atoms with Crippen molar-refractivity contribution in [2.75, 3.05) is 161 Å². The molecule has 0 fully saturated rings. The number of methoxy groups -OCH3 is 1. The lowest BCUT2D eigenvalue weighted by Crippen LogP contribution is -2.52. The normalized spacial score (nSPS) is 14.4. The summed E-state index contributed by atoms with van der Waals surface area (Å²) >= 11 is 0. The van der Waals surface area contributed by atoms with E-state index in [1.165, 1.54) is 26.1 Å². The van der Waals surface area contributed by atoms with Crippen LogP contribution in [-0.4, -0.2) is 227 Å².